The van der Waals surface area contributed by atoms with Gasteiger partial charge in [-0.15, -0.1) is 12.4 Å². The number of carbonyl (C=O) groups is 1. The summed E-state index contributed by atoms with van der Waals surface area (Å²) in [6.45, 7) is 3.79. The van der Waals surface area contributed by atoms with Crippen LogP contribution in [-0.2, 0) is 23.4 Å². The molecule has 27 heavy (non-hydrogen) atoms. The number of halogens is 4. The lowest BCUT2D eigenvalue weighted by molar-refractivity contribution is -0.137. The second kappa shape index (κ2) is 8.75. The maximum absolute atomic E-state index is 12.9. The molecule has 1 atom stereocenters. The Morgan fingerprint density at radius 1 is 1.26 bits per heavy atom. The first-order chi connectivity index (χ1) is 12.0. The van der Waals surface area contributed by atoms with Crippen molar-refractivity contribution in [2.75, 3.05) is 13.6 Å². The number of benzene rings is 1. The lowest BCUT2D eigenvalue weighted by Crippen LogP contribution is -2.42. The zero-order chi connectivity index (χ0) is 19.5. The molecular weight excluding hydrogens is 381 g/mol. The van der Waals surface area contributed by atoms with Crippen molar-refractivity contribution >= 4 is 18.3 Å². The number of aromatic nitrogens is 2. The van der Waals surface area contributed by atoms with Crippen LogP contribution in [0.5, 0.6) is 0 Å². The van der Waals surface area contributed by atoms with Crippen LogP contribution in [0.25, 0.3) is 0 Å². The Bertz CT molecular complexity index is 774. The minimum Gasteiger partial charge on any atom is -0.354 e. The molecule has 1 amide bonds. The first-order valence-corrected chi connectivity index (χ1v) is 8.16. The maximum atomic E-state index is 12.9. The standard InChI is InChI=1S/C18H23F3N4O.ClH/c1-17(2,13-6-5-7-14(8-13)18(19,20)21)11-23-16(26)15(22-3)12-9-24-25(4)10-12;/h5-10,15,22H,11H2,1-4H3,(H,23,26);1H. The summed E-state index contributed by atoms with van der Waals surface area (Å²) in [5.41, 5.74) is -0.137. The van der Waals surface area contributed by atoms with Crippen LogP contribution in [-0.4, -0.2) is 29.3 Å². The molecule has 0 bridgehead atoms. The number of carbonyl (C=O) groups excluding carboxylic acids is 1. The highest BCUT2D eigenvalue weighted by Crippen LogP contribution is 2.32. The first-order valence-electron chi connectivity index (χ1n) is 8.16. The van der Waals surface area contributed by atoms with Crippen LogP contribution in [0, 0.1) is 0 Å². The molecule has 0 aliphatic rings. The minimum absolute atomic E-state index is 0. The Kier molecular flexibility index (Phi) is 7.45. The highest BCUT2D eigenvalue weighted by molar-refractivity contribution is 5.85. The molecule has 0 saturated carbocycles. The molecule has 1 aromatic carbocycles. The number of amides is 1. The van der Waals surface area contributed by atoms with Gasteiger partial charge >= 0.3 is 6.18 Å². The smallest absolute Gasteiger partial charge is 0.354 e. The zero-order valence-corrected chi connectivity index (χ0v) is 16.4. The Morgan fingerprint density at radius 3 is 2.41 bits per heavy atom. The maximum Gasteiger partial charge on any atom is 0.416 e. The lowest BCUT2D eigenvalue weighted by Gasteiger charge is -2.27. The van der Waals surface area contributed by atoms with E-state index in [-0.39, 0.29) is 24.9 Å². The molecular formula is C18H24ClF3N4O. The van der Waals surface area contributed by atoms with E-state index in [0.717, 1.165) is 12.1 Å². The predicted molar refractivity (Wildman–Crippen MR) is 99.7 cm³/mol. The van der Waals surface area contributed by atoms with Crippen LogP contribution in [0.4, 0.5) is 13.2 Å². The number of hydrogen-bond donors (Lipinski definition) is 2. The Hall–Kier alpha value is -2.06. The van der Waals surface area contributed by atoms with Gasteiger partial charge in [-0.3, -0.25) is 9.48 Å². The third-order valence-corrected chi connectivity index (χ3v) is 4.28. The average molecular weight is 405 g/mol. The van der Waals surface area contributed by atoms with E-state index in [1.807, 2.05) is 0 Å². The normalized spacial score (nSPS) is 13.0. The molecule has 0 fully saturated rings. The van der Waals surface area contributed by atoms with Gasteiger partial charge < -0.3 is 10.6 Å². The number of nitrogens with one attached hydrogen (secondary N) is 2. The molecule has 0 aliphatic heterocycles. The topological polar surface area (TPSA) is 59.0 Å². The number of aryl methyl sites for hydroxylation is 1. The van der Waals surface area contributed by atoms with Gasteiger partial charge in [0.1, 0.15) is 6.04 Å². The number of likely N-dealkylation sites (N-methyl/N-ethyl adjacent to an activating group) is 1. The zero-order valence-electron chi connectivity index (χ0n) is 15.6. The quantitative estimate of drug-likeness (QED) is 0.777. The first kappa shape index (κ1) is 23.0. The molecule has 0 saturated heterocycles. The monoisotopic (exact) mass is 404 g/mol. The Morgan fingerprint density at radius 2 is 1.89 bits per heavy atom. The fraction of sp³-hybridized carbons (Fsp3) is 0.444. The number of hydrogen-bond acceptors (Lipinski definition) is 3. The van der Waals surface area contributed by atoms with E-state index in [4.69, 9.17) is 0 Å². The van der Waals surface area contributed by atoms with Crippen molar-refractivity contribution in [2.24, 2.45) is 7.05 Å². The van der Waals surface area contributed by atoms with Crippen molar-refractivity contribution in [1.29, 1.82) is 0 Å². The van der Waals surface area contributed by atoms with Crippen molar-refractivity contribution < 1.29 is 18.0 Å². The van der Waals surface area contributed by atoms with Crippen LogP contribution in [0.2, 0.25) is 0 Å². The van der Waals surface area contributed by atoms with Crippen molar-refractivity contribution in [3.05, 3.63) is 53.3 Å². The van der Waals surface area contributed by atoms with Crippen molar-refractivity contribution in [3.63, 3.8) is 0 Å². The molecule has 9 heteroatoms. The molecule has 2 aromatic rings. The van der Waals surface area contributed by atoms with Gasteiger partial charge in [0, 0.05) is 30.8 Å². The van der Waals surface area contributed by atoms with Crippen LogP contribution in [0.3, 0.4) is 0 Å². The van der Waals surface area contributed by atoms with Crippen LogP contribution >= 0.6 is 12.4 Å². The van der Waals surface area contributed by atoms with Crippen LogP contribution in [0.1, 0.15) is 36.6 Å². The summed E-state index contributed by atoms with van der Waals surface area (Å²) in [5.74, 6) is -0.263. The Balaban J connectivity index is 0.00000364. The summed E-state index contributed by atoms with van der Waals surface area (Å²) in [6.07, 6.45) is -1.07. The molecule has 2 rings (SSSR count). The van der Waals surface area contributed by atoms with Gasteiger partial charge in [0.15, 0.2) is 0 Å². The lowest BCUT2D eigenvalue weighted by atomic mass is 9.83. The molecule has 0 radical (unpaired) electrons. The third-order valence-electron chi connectivity index (χ3n) is 4.28. The summed E-state index contributed by atoms with van der Waals surface area (Å²) in [7, 11) is 3.42. The summed E-state index contributed by atoms with van der Waals surface area (Å²) in [4.78, 5) is 12.5. The van der Waals surface area contributed by atoms with E-state index in [0.29, 0.717) is 11.1 Å². The van der Waals surface area contributed by atoms with Crippen molar-refractivity contribution in [2.45, 2.75) is 31.5 Å². The number of alkyl halides is 3. The highest BCUT2D eigenvalue weighted by atomic mass is 35.5. The van der Waals surface area contributed by atoms with E-state index in [9.17, 15) is 18.0 Å². The molecule has 1 heterocycles. The molecule has 1 aromatic heterocycles. The number of nitrogens with zero attached hydrogens (tertiary/aromatic N) is 2. The van der Waals surface area contributed by atoms with Gasteiger partial charge in [-0.2, -0.15) is 18.3 Å². The van der Waals surface area contributed by atoms with E-state index in [2.05, 4.69) is 15.7 Å². The summed E-state index contributed by atoms with van der Waals surface area (Å²) in [5, 5.41) is 9.79. The minimum atomic E-state index is -4.40. The van der Waals surface area contributed by atoms with Crippen LogP contribution < -0.4 is 10.6 Å². The molecule has 0 spiro atoms. The van der Waals surface area contributed by atoms with Crippen LogP contribution in [0.15, 0.2) is 36.7 Å². The summed E-state index contributed by atoms with van der Waals surface area (Å²) < 4.78 is 40.4. The SMILES string of the molecule is CNC(C(=O)NCC(C)(C)c1cccc(C(F)(F)F)c1)c1cnn(C)c1.Cl. The van der Waals surface area contributed by atoms with E-state index in [1.165, 1.54) is 6.07 Å². The van der Waals surface area contributed by atoms with Crippen molar-refractivity contribution in [3.8, 4) is 0 Å². The van der Waals surface area contributed by atoms with E-state index < -0.39 is 23.2 Å². The predicted octanol–water partition coefficient (Wildman–Crippen LogP) is 3.22. The summed E-state index contributed by atoms with van der Waals surface area (Å²) >= 11 is 0. The third kappa shape index (κ3) is 5.71. The molecule has 2 N–H and O–H groups in total. The average Bonchev–Trinajstić information content (AvgIpc) is 2.99. The van der Waals surface area contributed by atoms with Gasteiger partial charge in [0.25, 0.3) is 0 Å². The largest absolute Gasteiger partial charge is 0.416 e. The fourth-order valence-electron chi connectivity index (χ4n) is 2.67. The van der Waals surface area contributed by atoms with Gasteiger partial charge in [-0.25, -0.2) is 0 Å². The van der Waals surface area contributed by atoms with Gasteiger partial charge in [0.2, 0.25) is 5.91 Å². The fourth-order valence-corrected chi connectivity index (χ4v) is 2.67. The van der Waals surface area contributed by atoms with Crippen molar-refractivity contribution in [1.82, 2.24) is 20.4 Å². The van der Waals surface area contributed by atoms with E-state index >= 15 is 0 Å². The Labute approximate surface area is 162 Å². The van der Waals surface area contributed by atoms with E-state index in [1.54, 1.807) is 51.1 Å². The molecule has 0 aliphatic carbocycles. The molecule has 150 valence electrons. The molecule has 5 nitrogen and oxygen atoms in total. The highest BCUT2D eigenvalue weighted by Gasteiger charge is 2.32. The van der Waals surface area contributed by atoms with Gasteiger partial charge in [-0.05, 0) is 18.7 Å². The second-order valence-corrected chi connectivity index (χ2v) is 6.85. The number of rotatable bonds is 6. The molecule has 1 unspecified atom stereocenters. The van der Waals surface area contributed by atoms with Gasteiger partial charge in [-0.1, -0.05) is 32.0 Å². The second-order valence-electron chi connectivity index (χ2n) is 6.85. The summed E-state index contributed by atoms with van der Waals surface area (Å²) in [6, 6.07) is 4.60. The van der Waals surface area contributed by atoms with Gasteiger partial charge in [0.05, 0.1) is 11.8 Å².